The summed E-state index contributed by atoms with van der Waals surface area (Å²) in [6.07, 6.45) is 6.18. The highest BCUT2D eigenvalue weighted by Crippen LogP contribution is 2.40. The number of likely N-dealkylation sites (tertiary alicyclic amines) is 1. The predicted octanol–water partition coefficient (Wildman–Crippen LogP) is 5.17. The van der Waals surface area contributed by atoms with Crippen LogP contribution in [0.2, 0.25) is 15.1 Å². The number of nitrogens with two attached hydrogens (primary N) is 1. The van der Waals surface area contributed by atoms with Crippen LogP contribution in [0.3, 0.4) is 0 Å². The molecule has 38 heavy (non-hydrogen) atoms. The van der Waals surface area contributed by atoms with Crippen LogP contribution in [0.25, 0.3) is 11.2 Å². The van der Waals surface area contributed by atoms with Gasteiger partial charge in [0.15, 0.2) is 5.65 Å². The summed E-state index contributed by atoms with van der Waals surface area (Å²) in [4.78, 5) is 39.4. The second-order valence-corrected chi connectivity index (χ2v) is 11.2. The second-order valence-electron chi connectivity index (χ2n) is 9.91. The molecule has 1 saturated carbocycles. The van der Waals surface area contributed by atoms with E-state index in [0.717, 1.165) is 25.7 Å². The molecule has 0 atom stereocenters. The number of amides is 2. The van der Waals surface area contributed by atoms with Crippen molar-refractivity contribution < 1.29 is 9.59 Å². The van der Waals surface area contributed by atoms with E-state index in [4.69, 9.17) is 50.5 Å². The molecule has 2 amide bonds. The highest BCUT2D eigenvalue weighted by molar-refractivity contribution is 6.41. The van der Waals surface area contributed by atoms with E-state index in [9.17, 15) is 9.59 Å². The van der Waals surface area contributed by atoms with Crippen molar-refractivity contribution >= 4 is 75.4 Å². The standard InChI is InChI=1S/C25H29Cl3N8O2/c1-13(37)35-8-6-16(7-9-35)31-24-30-12-20-23(34-24)36(17-4-2-14(3-5-17)22(29)38)25(32-20)33-21-18(27)10-15(26)11-19(21)28/h10-12,14,16-17H,2-9H2,1H3,(H2,29,38)(H,32,33)(H,30,31,34)/t14-,17-. The molecule has 0 spiro atoms. The number of nitrogens with zero attached hydrogens (tertiary/aromatic N) is 5. The number of primary amides is 1. The third-order valence-electron chi connectivity index (χ3n) is 7.41. The van der Waals surface area contributed by atoms with Crippen LogP contribution in [0.5, 0.6) is 0 Å². The van der Waals surface area contributed by atoms with Crippen LogP contribution in [-0.2, 0) is 9.59 Å². The Labute approximate surface area is 235 Å². The zero-order valence-corrected chi connectivity index (χ0v) is 23.2. The number of benzene rings is 1. The molecule has 202 valence electrons. The molecule has 1 saturated heterocycles. The van der Waals surface area contributed by atoms with E-state index in [0.29, 0.717) is 69.7 Å². The van der Waals surface area contributed by atoms with Gasteiger partial charge in [0.25, 0.3) is 0 Å². The number of carbonyl (C=O) groups excluding carboxylic acids is 2. The van der Waals surface area contributed by atoms with Gasteiger partial charge in [-0.25, -0.2) is 9.97 Å². The van der Waals surface area contributed by atoms with Crippen molar-refractivity contribution in [1.29, 1.82) is 0 Å². The summed E-state index contributed by atoms with van der Waals surface area (Å²) in [6.45, 7) is 3.00. The zero-order valence-electron chi connectivity index (χ0n) is 20.9. The largest absolute Gasteiger partial charge is 0.369 e. The van der Waals surface area contributed by atoms with Gasteiger partial charge in [0.1, 0.15) is 5.52 Å². The van der Waals surface area contributed by atoms with Crippen molar-refractivity contribution in [3.8, 4) is 0 Å². The number of imidazole rings is 1. The van der Waals surface area contributed by atoms with Crippen LogP contribution in [0.15, 0.2) is 18.3 Å². The lowest BCUT2D eigenvalue weighted by Gasteiger charge is -2.31. The minimum Gasteiger partial charge on any atom is -0.369 e. The molecule has 13 heteroatoms. The lowest BCUT2D eigenvalue weighted by molar-refractivity contribution is -0.129. The average molecular weight is 580 g/mol. The lowest BCUT2D eigenvalue weighted by atomic mass is 9.85. The number of halogens is 3. The first kappa shape index (κ1) is 26.8. The maximum atomic E-state index is 11.8. The maximum absolute atomic E-state index is 11.8. The Morgan fingerprint density at radius 1 is 1.00 bits per heavy atom. The number of carbonyl (C=O) groups is 2. The van der Waals surface area contributed by atoms with Gasteiger partial charge in [-0.2, -0.15) is 4.98 Å². The maximum Gasteiger partial charge on any atom is 0.224 e. The Morgan fingerprint density at radius 2 is 1.66 bits per heavy atom. The first-order valence-corrected chi connectivity index (χ1v) is 13.8. The van der Waals surface area contributed by atoms with Gasteiger partial charge >= 0.3 is 0 Å². The number of hydrogen-bond donors (Lipinski definition) is 3. The Balaban J connectivity index is 1.47. The summed E-state index contributed by atoms with van der Waals surface area (Å²) in [5, 5.41) is 7.87. The first-order valence-electron chi connectivity index (χ1n) is 12.7. The van der Waals surface area contributed by atoms with E-state index in [1.165, 1.54) is 0 Å². The Kier molecular flexibility index (Phi) is 7.83. The summed E-state index contributed by atoms with van der Waals surface area (Å²) in [5.41, 5.74) is 7.34. The number of aromatic nitrogens is 4. The van der Waals surface area contributed by atoms with Gasteiger partial charge in [0.2, 0.25) is 23.7 Å². The Hall–Kier alpha value is -2.82. The number of fused-ring (bicyclic) bond motifs is 1. The molecular formula is C25H29Cl3N8O2. The molecule has 2 aromatic heterocycles. The molecule has 1 aromatic carbocycles. The van der Waals surface area contributed by atoms with Crippen molar-refractivity contribution in [1.82, 2.24) is 24.4 Å². The monoisotopic (exact) mass is 578 g/mol. The molecule has 1 aliphatic carbocycles. The number of anilines is 3. The van der Waals surface area contributed by atoms with E-state index in [1.54, 1.807) is 25.3 Å². The van der Waals surface area contributed by atoms with Gasteiger partial charge < -0.3 is 21.3 Å². The van der Waals surface area contributed by atoms with Gasteiger partial charge in [0.05, 0.1) is 21.9 Å². The molecule has 3 heterocycles. The molecule has 0 radical (unpaired) electrons. The molecule has 10 nitrogen and oxygen atoms in total. The molecule has 1 aliphatic heterocycles. The molecule has 3 aromatic rings. The molecule has 0 unspecified atom stereocenters. The molecule has 4 N–H and O–H groups in total. The summed E-state index contributed by atoms with van der Waals surface area (Å²) >= 11 is 19.0. The number of nitrogens with one attached hydrogen (secondary N) is 2. The molecular weight excluding hydrogens is 551 g/mol. The van der Waals surface area contributed by atoms with E-state index in [2.05, 4.69) is 15.6 Å². The van der Waals surface area contributed by atoms with Crippen molar-refractivity contribution in [2.45, 2.75) is 57.5 Å². The van der Waals surface area contributed by atoms with Crippen molar-refractivity contribution in [2.24, 2.45) is 11.7 Å². The van der Waals surface area contributed by atoms with Gasteiger partial charge in [0, 0.05) is 43.0 Å². The number of piperidine rings is 1. The number of hydrogen-bond acceptors (Lipinski definition) is 7. The number of rotatable bonds is 6. The van der Waals surface area contributed by atoms with Gasteiger partial charge in [-0.15, -0.1) is 0 Å². The minimum absolute atomic E-state index is 0.0320. The first-order chi connectivity index (χ1) is 18.2. The van der Waals surface area contributed by atoms with Gasteiger partial charge in [-0.05, 0) is 50.7 Å². The van der Waals surface area contributed by atoms with Crippen molar-refractivity contribution in [2.75, 3.05) is 23.7 Å². The molecule has 2 fully saturated rings. The fourth-order valence-electron chi connectivity index (χ4n) is 5.31. The summed E-state index contributed by atoms with van der Waals surface area (Å²) in [6, 6.07) is 3.42. The molecule has 5 rings (SSSR count). The summed E-state index contributed by atoms with van der Waals surface area (Å²) in [7, 11) is 0. The van der Waals surface area contributed by atoms with Crippen LogP contribution in [0.4, 0.5) is 17.6 Å². The van der Waals surface area contributed by atoms with Crippen LogP contribution < -0.4 is 16.4 Å². The lowest BCUT2D eigenvalue weighted by Crippen LogP contribution is -2.41. The van der Waals surface area contributed by atoms with Gasteiger partial charge in [-0.3, -0.25) is 14.2 Å². The predicted molar refractivity (Wildman–Crippen MR) is 149 cm³/mol. The minimum atomic E-state index is -0.262. The Bertz CT molecular complexity index is 1340. The van der Waals surface area contributed by atoms with E-state index < -0.39 is 0 Å². The van der Waals surface area contributed by atoms with E-state index in [-0.39, 0.29) is 29.8 Å². The highest BCUT2D eigenvalue weighted by atomic mass is 35.5. The highest BCUT2D eigenvalue weighted by Gasteiger charge is 2.30. The third-order valence-corrected chi connectivity index (χ3v) is 8.23. The quantitative estimate of drug-likeness (QED) is 0.367. The molecule has 2 aliphatic rings. The molecule has 0 bridgehead atoms. The smallest absolute Gasteiger partial charge is 0.224 e. The van der Waals surface area contributed by atoms with Crippen LogP contribution >= 0.6 is 34.8 Å². The summed E-state index contributed by atoms with van der Waals surface area (Å²) in [5.74, 6) is 0.721. The van der Waals surface area contributed by atoms with Crippen molar-refractivity contribution in [3.05, 3.63) is 33.4 Å². The fraction of sp³-hybridized carbons (Fsp3) is 0.480. The second kappa shape index (κ2) is 11.1. The fourth-order valence-corrected chi connectivity index (χ4v) is 6.22. The normalized spacial score (nSPS) is 20.5. The third kappa shape index (κ3) is 5.62. The van der Waals surface area contributed by atoms with Crippen LogP contribution in [0.1, 0.15) is 51.5 Å². The zero-order chi connectivity index (χ0) is 27.0. The Morgan fingerprint density at radius 3 is 2.26 bits per heavy atom. The average Bonchev–Trinajstić information content (AvgIpc) is 3.24. The van der Waals surface area contributed by atoms with E-state index >= 15 is 0 Å². The topological polar surface area (TPSA) is 131 Å². The van der Waals surface area contributed by atoms with E-state index in [1.807, 2.05) is 9.47 Å². The van der Waals surface area contributed by atoms with Gasteiger partial charge in [-0.1, -0.05) is 34.8 Å². The summed E-state index contributed by atoms with van der Waals surface area (Å²) < 4.78 is 2.04. The van der Waals surface area contributed by atoms with Crippen LogP contribution in [-0.4, -0.2) is 55.4 Å². The van der Waals surface area contributed by atoms with Crippen molar-refractivity contribution in [3.63, 3.8) is 0 Å². The SMILES string of the molecule is CC(=O)N1CCC(Nc2ncc3nc(Nc4c(Cl)cc(Cl)cc4Cl)n([C@H]4CC[C@H](C(N)=O)CC4)c3n2)CC1. The van der Waals surface area contributed by atoms with Crippen LogP contribution in [0, 0.1) is 5.92 Å².